The fourth-order valence-corrected chi connectivity index (χ4v) is 1.94. The molecule has 0 saturated carbocycles. The molecule has 2 atom stereocenters. The van der Waals surface area contributed by atoms with Gasteiger partial charge in [0.1, 0.15) is 5.75 Å². The molecule has 4 heteroatoms. The molecular weight excluding hydrogens is 240 g/mol. The average molecular weight is 264 g/mol. The summed E-state index contributed by atoms with van der Waals surface area (Å²) in [6.07, 6.45) is 0. The first-order valence-electron chi connectivity index (χ1n) is 6.51. The van der Waals surface area contributed by atoms with Crippen molar-refractivity contribution in [1.29, 1.82) is 0 Å². The van der Waals surface area contributed by atoms with E-state index in [0.717, 1.165) is 16.9 Å². The van der Waals surface area contributed by atoms with E-state index in [1.807, 2.05) is 39.0 Å². The highest BCUT2D eigenvalue weighted by molar-refractivity contribution is 5.79. The van der Waals surface area contributed by atoms with Crippen molar-refractivity contribution in [2.75, 3.05) is 14.2 Å². The van der Waals surface area contributed by atoms with Gasteiger partial charge in [-0.2, -0.15) is 0 Å². The number of methoxy groups -OCH3 is 1. The van der Waals surface area contributed by atoms with Gasteiger partial charge in [0.05, 0.1) is 13.0 Å². The third-order valence-corrected chi connectivity index (χ3v) is 3.40. The second kappa shape index (κ2) is 6.57. The summed E-state index contributed by atoms with van der Waals surface area (Å²) in [6.45, 7) is 6.26. The standard InChI is InChI=1S/C15H24N2O2/c1-10-6-7-14(19-5)13(8-10)9-17(4)15(18)11(2)12(3)16/h6-8,11-12H,9,16H2,1-5H3. The summed E-state index contributed by atoms with van der Waals surface area (Å²) in [5.41, 5.74) is 7.94. The van der Waals surface area contributed by atoms with Crippen molar-refractivity contribution in [3.8, 4) is 5.75 Å². The van der Waals surface area contributed by atoms with Gasteiger partial charge in [-0.05, 0) is 19.9 Å². The van der Waals surface area contributed by atoms with Gasteiger partial charge >= 0.3 is 0 Å². The lowest BCUT2D eigenvalue weighted by Crippen LogP contribution is -2.39. The maximum absolute atomic E-state index is 12.2. The topological polar surface area (TPSA) is 55.6 Å². The smallest absolute Gasteiger partial charge is 0.226 e. The number of nitrogens with zero attached hydrogens (tertiary/aromatic N) is 1. The second-order valence-electron chi connectivity index (χ2n) is 5.16. The molecule has 0 fully saturated rings. The van der Waals surface area contributed by atoms with Gasteiger partial charge in [-0.25, -0.2) is 0 Å². The number of ether oxygens (including phenoxy) is 1. The summed E-state index contributed by atoms with van der Waals surface area (Å²) in [4.78, 5) is 13.9. The summed E-state index contributed by atoms with van der Waals surface area (Å²) in [6, 6.07) is 5.82. The van der Waals surface area contributed by atoms with Crippen LogP contribution in [0.2, 0.25) is 0 Å². The molecule has 2 unspecified atom stereocenters. The number of nitrogens with two attached hydrogens (primary N) is 1. The number of hydrogen-bond donors (Lipinski definition) is 1. The molecule has 1 aromatic carbocycles. The summed E-state index contributed by atoms with van der Waals surface area (Å²) in [7, 11) is 3.43. The van der Waals surface area contributed by atoms with Gasteiger partial charge in [0.2, 0.25) is 5.91 Å². The number of carbonyl (C=O) groups is 1. The summed E-state index contributed by atoms with van der Waals surface area (Å²) in [5.74, 6) is 0.679. The molecular formula is C15H24N2O2. The molecule has 0 saturated heterocycles. The van der Waals surface area contributed by atoms with Crippen LogP contribution in [0.4, 0.5) is 0 Å². The fourth-order valence-electron chi connectivity index (χ4n) is 1.94. The van der Waals surface area contributed by atoms with E-state index >= 15 is 0 Å². The Morgan fingerprint density at radius 1 is 1.42 bits per heavy atom. The lowest BCUT2D eigenvalue weighted by molar-refractivity contribution is -0.134. The van der Waals surface area contributed by atoms with Gasteiger partial charge in [-0.1, -0.05) is 24.6 Å². The van der Waals surface area contributed by atoms with Crippen molar-refractivity contribution in [2.45, 2.75) is 33.4 Å². The molecule has 0 heterocycles. The normalized spacial score (nSPS) is 13.8. The van der Waals surface area contributed by atoms with Crippen molar-refractivity contribution in [3.05, 3.63) is 29.3 Å². The molecule has 0 radical (unpaired) electrons. The first kappa shape index (κ1) is 15.5. The molecule has 4 nitrogen and oxygen atoms in total. The van der Waals surface area contributed by atoms with E-state index in [4.69, 9.17) is 10.5 Å². The molecule has 0 spiro atoms. The molecule has 0 aliphatic rings. The number of aryl methyl sites for hydroxylation is 1. The maximum atomic E-state index is 12.2. The summed E-state index contributed by atoms with van der Waals surface area (Å²) >= 11 is 0. The molecule has 106 valence electrons. The van der Waals surface area contributed by atoms with Crippen LogP contribution in [-0.4, -0.2) is 31.0 Å². The van der Waals surface area contributed by atoms with E-state index in [1.54, 1.807) is 19.1 Å². The first-order valence-corrected chi connectivity index (χ1v) is 6.51. The highest BCUT2D eigenvalue weighted by Gasteiger charge is 2.21. The quantitative estimate of drug-likeness (QED) is 0.884. The minimum Gasteiger partial charge on any atom is -0.496 e. The Labute approximate surface area is 115 Å². The third kappa shape index (κ3) is 3.96. The van der Waals surface area contributed by atoms with Gasteiger partial charge < -0.3 is 15.4 Å². The van der Waals surface area contributed by atoms with E-state index in [0.29, 0.717) is 6.54 Å². The molecule has 1 amide bonds. The van der Waals surface area contributed by atoms with Crippen LogP contribution in [0.1, 0.15) is 25.0 Å². The van der Waals surface area contributed by atoms with Crippen LogP contribution in [0, 0.1) is 12.8 Å². The van der Waals surface area contributed by atoms with Crippen LogP contribution in [0.25, 0.3) is 0 Å². The molecule has 19 heavy (non-hydrogen) atoms. The van der Waals surface area contributed by atoms with Gasteiger partial charge in [0.15, 0.2) is 0 Å². The van der Waals surface area contributed by atoms with Gasteiger partial charge in [-0.3, -0.25) is 4.79 Å². The number of benzene rings is 1. The lowest BCUT2D eigenvalue weighted by Gasteiger charge is -2.24. The van der Waals surface area contributed by atoms with E-state index in [9.17, 15) is 4.79 Å². The van der Waals surface area contributed by atoms with Gasteiger partial charge in [0.25, 0.3) is 0 Å². The van der Waals surface area contributed by atoms with Crippen LogP contribution in [0.5, 0.6) is 5.75 Å². The molecule has 0 aliphatic carbocycles. The number of carbonyl (C=O) groups excluding carboxylic acids is 1. The average Bonchev–Trinajstić information content (AvgIpc) is 2.37. The number of amides is 1. The Kier molecular flexibility index (Phi) is 5.36. The Bertz CT molecular complexity index is 444. The fraction of sp³-hybridized carbons (Fsp3) is 0.533. The van der Waals surface area contributed by atoms with E-state index in [-0.39, 0.29) is 17.9 Å². The molecule has 1 aromatic rings. The third-order valence-electron chi connectivity index (χ3n) is 3.40. The summed E-state index contributed by atoms with van der Waals surface area (Å²) in [5, 5.41) is 0. The maximum Gasteiger partial charge on any atom is 0.226 e. The minimum absolute atomic E-state index is 0.0542. The molecule has 1 rings (SSSR count). The Morgan fingerprint density at radius 3 is 2.58 bits per heavy atom. The zero-order valence-corrected chi connectivity index (χ0v) is 12.4. The zero-order chi connectivity index (χ0) is 14.6. The van der Waals surface area contributed by atoms with E-state index in [2.05, 4.69) is 0 Å². The van der Waals surface area contributed by atoms with Crippen molar-refractivity contribution >= 4 is 5.91 Å². The SMILES string of the molecule is COc1ccc(C)cc1CN(C)C(=O)C(C)C(C)N. The first-order chi connectivity index (χ1) is 8.86. The zero-order valence-electron chi connectivity index (χ0n) is 12.4. The minimum atomic E-state index is -0.180. The second-order valence-corrected chi connectivity index (χ2v) is 5.16. The largest absolute Gasteiger partial charge is 0.496 e. The Morgan fingerprint density at radius 2 is 2.05 bits per heavy atom. The molecule has 0 aromatic heterocycles. The van der Waals surface area contributed by atoms with E-state index < -0.39 is 0 Å². The van der Waals surface area contributed by atoms with Crippen molar-refractivity contribution in [3.63, 3.8) is 0 Å². The number of hydrogen-bond acceptors (Lipinski definition) is 3. The highest BCUT2D eigenvalue weighted by atomic mass is 16.5. The molecule has 2 N–H and O–H groups in total. The van der Waals surface area contributed by atoms with Gasteiger partial charge in [-0.15, -0.1) is 0 Å². The Hall–Kier alpha value is -1.55. The van der Waals surface area contributed by atoms with Crippen LogP contribution in [0.3, 0.4) is 0 Å². The molecule has 0 bridgehead atoms. The van der Waals surface area contributed by atoms with Gasteiger partial charge in [0, 0.05) is 25.2 Å². The monoisotopic (exact) mass is 264 g/mol. The molecule has 0 aliphatic heterocycles. The van der Waals surface area contributed by atoms with Crippen molar-refractivity contribution in [2.24, 2.45) is 11.7 Å². The Balaban J connectivity index is 2.84. The van der Waals surface area contributed by atoms with Crippen LogP contribution >= 0.6 is 0 Å². The van der Waals surface area contributed by atoms with Crippen molar-refractivity contribution in [1.82, 2.24) is 4.90 Å². The highest BCUT2D eigenvalue weighted by Crippen LogP contribution is 2.21. The predicted octanol–water partition coefficient (Wildman–Crippen LogP) is 1.95. The van der Waals surface area contributed by atoms with Crippen LogP contribution in [-0.2, 0) is 11.3 Å². The van der Waals surface area contributed by atoms with Crippen LogP contribution < -0.4 is 10.5 Å². The lowest BCUT2D eigenvalue weighted by atomic mass is 10.0. The van der Waals surface area contributed by atoms with Crippen LogP contribution in [0.15, 0.2) is 18.2 Å². The predicted molar refractivity (Wildman–Crippen MR) is 77.0 cm³/mol. The van der Waals surface area contributed by atoms with Crippen molar-refractivity contribution < 1.29 is 9.53 Å². The van der Waals surface area contributed by atoms with E-state index in [1.165, 1.54) is 0 Å². The number of rotatable bonds is 5. The summed E-state index contributed by atoms with van der Waals surface area (Å²) < 4.78 is 5.33.